The number of hydrogen-bond acceptors (Lipinski definition) is 2. The van der Waals surface area contributed by atoms with Gasteiger partial charge in [0.2, 0.25) is 0 Å². The molecule has 0 aliphatic heterocycles. The normalized spacial score (nSPS) is 10.7. The Hall–Kier alpha value is -1.13. The smallest absolute Gasteiger partial charge is 0.251 e. The van der Waals surface area contributed by atoms with Crippen molar-refractivity contribution in [3.05, 3.63) is 39.0 Å². The molecule has 1 heterocycles. The Morgan fingerprint density at radius 3 is 2.81 bits per heavy atom. The first-order valence-corrected chi connectivity index (χ1v) is 5.72. The molecule has 0 spiro atoms. The molecule has 0 atom stereocenters. The molecule has 0 saturated carbocycles. The van der Waals surface area contributed by atoms with E-state index >= 15 is 0 Å². The summed E-state index contributed by atoms with van der Waals surface area (Å²) in [5.74, 6) is -0.569. The second kappa shape index (κ2) is 4.03. The standard InChI is InChI=1S/C11H8BrClN2O/c1-5-8(12)3-2-6-9(13)7(11(14)16)4-15-10(5)6/h2-4H,1H3,(H2,14,16). The van der Waals surface area contributed by atoms with Gasteiger partial charge in [0.15, 0.2) is 0 Å². The molecule has 16 heavy (non-hydrogen) atoms. The summed E-state index contributed by atoms with van der Waals surface area (Å²) in [5.41, 5.74) is 7.20. The number of nitrogens with two attached hydrogens (primary N) is 1. The third kappa shape index (κ3) is 1.68. The van der Waals surface area contributed by atoms with Gasteiger partial charge in [-0.15, -0.1) is 0 Å². The van der Waals surface area contributed by atoms with Crippen molar-refractivity contribution in [2.24, 2.45) is 5.73 Å². The topological polar surface area (TPSA) is 56.0 Å². The molecule has 5 heteroatoms. The van der Waals surface area contributed by atoms with Crippen LogP contribution in [0.5, 0.6) is 0 Å². The summed E-state index contributed by atoms with van der Waals surface area (Å²) in [4.78, 5) is 15.3. The zero-order valence-electron chi connectivity index (χ0n) is 8.42. The van der Waals surface area contributed by atoms with E-state index < -0.39 is 5.91 Å². The predicted molar refractivity (Wildman–Crippen MR) is 67.7 cm³/mol. The molecule has 1 aromatic carbocycles. The average molecular weight is 300 g/mol. The number of amides is 1. The molecule has 2 aromatic rings. The summed E-state index contributed by atoms with van der Waals surface area (Å²) < 4.78 is 0.954. The number of nitrogens with zero attached hydrogens (tertiary/aromatic N) is 1. The van der Waals surface area contributed by atoms with Crippen LogP contribution in [-0.2, 0) is 0 Å². The monoisotopic (exact) mass is 298 g/mol. The first-order chi connectivity index (χ1) is 7.52. The number of fused-ring (bicyclic) bond motifs is 1. The van der Waals surface area contributed by atoms with Crippen molar-refractivity contribution in [2.45, 2.75) is 6.92 Å². The molecule has 3 nitrogen and oxygen atoms in total. The van der Waals surface area contributed by atoms with Gasteiger partial charge in [-0.1, -0.05) is 33.6 Å². The van der Waals surface area contributed by atoms with Gasteiger partial charge >= 0.3 is 0 Å². The average Bonchev–Trinajstić information content (AvgIpc) is 2.23. The second-order valence-electron chi connectivity index (χ2n) is 3.42. The number of hydrogen-bond donors (Lipinski definition) is 1. The number of primary amides is 1. The van der Waals surface area contributed by atoms with E-state index in [0.717, 1.165) is 20.9 Å². The summed E-state index contributed by atoms with van der Waals surface area (Å²) in [6, 6.07) is 3.68. The fourth-order valence-corrected chi connectivity index (χ4v) is 2.14. The highest BCUT2D eigenvalue weighted by atomic mass is 79.9. The van der Waals surface area contributed by atoms with Gasteiger partial charge in [-0.3, -0.25) is 9.78 Å². The van der Waals surface area contributed by atoms with E-state index in [4.69, 9.17) is 17.3 Å². The highest BCUT2D eigenvalue weighted by Gasteiger charge is 2.13. The summed E-state index contributed by atoms with van der Waals surface area (Å²) >= 11 is 9.52. The van der Waals surface area contributed by atoms with Crippen LogP contribution in [0.2, 0.25) is 5.02 Å². The van der Waals surface area contributed by atoms with Crippen LogP contribution in [0.25, 0.3) is 10.9 Å². The van der Waals surface area contributed by atoms with Gasteiger partial charge in [0, 0.05) is 16.1 Å². The lowest BCUT2D eigenvalue weighted by Gasteiger charge is -2.07. The van der Waals surface area contributed by atoms with Crippen LogP contribution in [0.1, 0.15) is 15.9 Å². The van der Waals surface area contributed by atoms with Crippen LogP contribution >= 0.6 is 27.5 Å². The Morgan fingerprint density at radius 1 is 1.50 bits per heavy atom. The van der Waals surface area contributed by atoms with Gasteiger partial charge in [-0.2, -0.15) is 0 Å². The molecule has 2 N–H and O–H groups in total. The lowest BCUT2D eigenvalue weighted by molar-refractivity contribution is 0.100. The molecule has 0 radical (unpaired) electrons. The number of aromatic nitrogens is 1. The van der Waals surface area contributed by atoms with Crippen molar-refractivity contribution in [3.63, 3.8) is 0 Å². The molecule has 2 rings (SSSR count). The van der Waals surface area contributed by atoms with E-state index in [0.29, 0.717) is 5.02 Å². The molecule has 0 saturated heterocycles. The van der Waals surface area contributed by atoms with Crippen molar-refractivity contribution in [1.29, 1.82) is 0 Å². The second-order valence-corrected chi connectivity index (χ2v) is 4.65. The fraction of sp³-hybridized carbons (Fsp3) is 0.0909. The van der Waals surface area contributed by atoms with Crippen molar-refractivity contribution in [1.82, 2.24) is 4.98 Å². The number of halogens is 2. The van der Waals surface area contributed by atoms with E-state index in [1.807, 2.05) is 19.1 Å². The Balaban J connectivity index is 2.87. The van der Waals surface area contributed by atoms with Gasteiger partial charge in [-0.05, 0) is 18.6 Å². The molecule has 1 aromatic heterocycles. The summed E-state index contributed by atoms with van der Waals surface area (Å²) in [6.45, 7) is 1.93. The maximum Gasteiger partial charge on any atom is 0.251 e. The van der Waals surface area contributed by atoms with Crippen LogP contribution in [0.4, 0.5) is 0 Å². The minimum absolute atomic E-state index is 0.246. The molecule has 0 aliphatic carbocycles. The van der Waals surface area contributed by atoms with Crippen LogP contribution in [0.3, 0.4) is 0 Å². The molecule has 0 aliphatic rings. The minimum atomic E-state index is -0.569. The maximum atomic E-state index is 11.1. The van der Waals surface area contributed by atoms with Crippen molar-refractivity contribution in [2.75, 3.05) is 0 Å². The Bertz CT molecular complexity index is 598. The summed E-state index contributed by atoms with van der Waals surface area (Å²) in [6.07, 6.45) is 1.41. The molecule has 0 fully saturated rings. The number of aryl methyl sites for hydroxylation is 1. The number of carbonyl (C=O) groups is 1. The molecular formula is C11H8BrClN2O. The number of benzene rings is 1. The first kappa shape index (κ1) is 11.4. The van der Waals surface area contributed by atoms with Gasteiger partial charge in [0.25, 0.3) is 5.91 Å². The Morgan fingerprint density at radius 2 is 2.19 bits per heavy atom. The van der Waals surface area contributed by atoms with Crippen LogP contribution in [0.15, 0.2) is 22.8 Å². The molecule has 1 amide bonds. The van der Waals surface area contributed by atoms with Gasteiger partial charge < -0.3 is 5.73 Å². The van der Waals surface area contributed by atoms with E-state index in [1.165, 1.54) is 6.20 Å². The number of carbonyl (C=O) groups excluding carboxylic acids is 1. The van der Waals surface area contributed by atoms with Crippen LogP contribution < -0.4 is 5.73 Å². The SMILES string of the molecule is Cc1c(Br)ccc2c(Cl)c(C(N)=O)cnc12. The van der Waals surface area contributed by atoms with Gasteiger partial charge in [0.1, 0.15) is 0 Å². The fourth-order valence-electron chi connectivity index (χ4n) is 1.52. The highest BCUT2D eigenvalue weighted by molar-refractivity contribution is 9.10. The van der Waals surface area contributed by atoms with E-state index in [-0.39, 0.29) is 5.56 Å². The zero-order valence-corrected chi connectivity index (χ0v) is 10.8. The van der Waals surface area contributed by atoms with Crippen LogP contribution in [0, 0.1) is 6.92 Å². The molecule has 0 bridgehead atoms. The third-order valence-electron chi connectivity index (χ3n) is 2.43. The zero-order chi connectivity index (χ0) is 11.9. The summed E-state index contributed by atoms with van der Waals surface area (Å²) in [7, 11) is 0. The van der Waals surface area contributed by atoms with Crippen molar-refractivity contribution >= 4 is 44.3 Å². The lowest BCUT2D eigenvalue weighted by Crippen LogP contribution is -2.12. The van der Waals surface area contributed by atoms with Crippen molar-refractivity contribution < 1.29 is 4.79 Å². The van der Waals surface area contributed by atoms with Crippen molar-refractivity contribution in [3.8, 4) is 0 Å². The van der Waals surface area contributed by atoms with Gasteiger partial charge in [-0.25, -0.2) is 0 Å². The number of pyridine rings is 1. The molecular weight excluding hydrogens is 291 g/mol. The first-order valence-electron chi connectivity index (χ1n) is 4.55. The third-order valence-corrected chi connectivity index (χ3v) is 3.69. The molecule has 82 valence electrons. The van der Waals surface area contributed by atoms with E-state index in [9.17, 15) is 4.79 Å². The maximum absolute atomic E-state index is 11.1. The Labute approximate surface area is 106 Å². The van der Waals surface area contributed by atoms with Crippen LogP contribution in [-0.4, -0.2) is 10.9 Å². The Kier molecular flexibility index (Phi) is 2.86. The van der Waals surface area contributed by atoms with Gasteiger partial charge in [0.05, 0.1) is 16.1 Å². The highest BCUT2D eigenvalue weighted by Crippen LogP contribution is 2.30. The summed E-state index contributed by atoms with van der Waals surface area (Å²) in [5, 5.41) is 1.09. The quantitative estimate of drug-likeness (QED) is 0.880. The largest absolute Gasteiger partial charge is 0.366 e. The number of rotatable bonds is 1. The van der Waals surface area contributed by atoms with E-state index in [2.05, 4.69) is 20.9 Å². The lowest BCUT2D eigenvalue weighted by atomic mass is 10.1. The van der Waals surface area contributed by atoms with E-state index in [1.54, 1.807) is 0 Å². The predicted octanol–water partition coefficient (Wildman–Crippen LogP) is 3.06. The molecule has 0 unspecified atom stereocenters. The minimum Gasteiger partial charge on any atom is -0.366 e.